The second kappa shape index (κ2) is 3.67. The normalized spacial score (nSPS) is 17.1. The molecule has 0 aliphatic heterocycles. The van der Waals surface area contributed by atoms with Crippen molar-refractivity contribution in [2.45, 2.75) is 25.2 Å². The minimum atomic E-state index is 0.0254. The van der Waals surface area contributed by atoms with Crippen LogP contribution in [0.25, 0.3) is 11.5 Å². The maximum Gasteiger partial charge on any atom is 0.152 e. The van der Waals surface area contributed by atoms with Crippen LogP contribution in [-0.4, -0.2) is 16.5 Å². The summed E-state index contributed by atoms with van der Waals surface area (Å²) in [5, 5.41) is 0. The average Bonchev–Trinajstić information content (AvgIpc) is 3.06. The van der Waals surface area contributed by atoms with Gasteiger partial charge in [-0.1, -0.05) is 0 Å². The summed E-state index contributed by atoms with van der Waals surface area (Å²) < 4.78 is 5.57. The van der Waals surface area contributed by atoms with Crippen LogP contribution in [0.3, 0.4) is 0 Å². The molecule has 4 heteroatoms. The van der Waals surface area contributed by atoms with E-state index in [9.17, 15) is 0 Å². The van der Waals surface area contributed by atoms with Gasteiger partial charge in [0.2, 0.25) is 0 Å². The van der Waals surface area contributed by atoms with Gasteiger partial charge in [-0.3, -0.25) is 0 Å². The SMILES string of the molecule is Cc1ccc(-c2ccnc(C3(CN)CC3)n2)o1. The first-order chi connectivity index (χ1) is 8.23. The van der Waals surface area contributed by atoms with E-state index in [4.69, 9.17) is 10.2 Å². The summed E-state index contributed by atoms with van der Waals surface area (Å²) >= 11 is 0. The molecule has 1 aliphatic carbocycles. The molecule has 0 unspecified atom stereocenters. The summed E-state index contributed by atoms with van der Waals surface area (Å²) in [6, 6.07) is 5.74. The molecule has 0 bridgehead atoms. The van der Waals surface area contributed by atoms with Gasteiger partial charge in [0.15, 0.2) is 5.76 Å². The Morgan fingerprint density at radius 3 is 2.76 bits per heavy atom. The number of nitrogens with zero attached hydrogens (tertiary/aromatic N) is 2. The van der Waals surface area contributed by atoms with E-state index >= 15 is 0 Å². The molecule has 17 heavy (non-hydrogen) atoms. The van der Waals surface area contributed by atoms with Crippen molar-refractivity contribution in [2.24, 2.45) is 5.73 Å². The van der Waals surface area contributed by atoms with E-state index in [-0.39, 0.29) is 5.41 Å². The highest BCUT2D eigenvalue weighted by Gasteiger charge is 2.45. The van der Waals surface area contributed by atoms with Gasteiger partial charge in [-0.2, -0.15) is 0 Å². The Bertz CT molecular complexity index is 543. The molecule has 1 fully saturated rings. The molecular formula is C13H15N3O. The van der Waals surface area contributed by atoms with Crippen LogP contribution in [0.1, 0.15) is 24.4 Å². The molecule has 4 nitrogen and oxygen atoms in total. The topological polar surface area (TPSA) is 64.9 Å². The number of aryl methyl sites for hydroxylation is 1. The molecule has 2 aromatic heterocycles. The molecule has 0 amide bonds. The van der Waals surface area contributed by atoms with Gasteiger partial charge in [0.1, 0.15) is 17.3 Å². The van der Waals surface area contributed by atoms with E-state index < -0.39 is 0 Å². The van der Waals surface area contributed by atoms with Crippen molar-refractivity contribution < 1.29 is 4.42 Å². The molecular weight excluding hydrogens is 214 g/mol. The summed E-state index contributed by atoms with van der Waals surface area (Å²) in [6.45, 7) is 2.54. The van der Waals surface area contributed by atoms with Gasteiger partial charge in [-0.15, -0.1) is 0 Å². The van der Waals surface area contributed by atoms with Gasteiger partial charge >= 0.3 is 0 Å². The van der Waals surface area contributed by atoms with Crippen LogP contribution in [0.5, 0.6) is 0 Å². The Balaban J connectivity index is 2.00. The van der Waals surface area contributed by atoms with Crippen molar-refractivity contribution in [3.05, 3.63) is 36.0 Å². The third kappa shape index (κ3) is 1.74. The zero-order valence-corrected chi connectivity index (χ0v) is 9.81. The predicted octanol–water partition coefficient (Wildman–Crippen LogP) is 2.04. The number of hydrogen-bond acceptors (Lipinski definition) is 4. The second-order valence-corrected chi connectivity index (χ2v) is 4.66. The first kappa shape index (κ1) is 10.5. The number of aromatic nitrogens is 2. The summed E-state index contributed by atoms with van der Waals surface area (Å²) in [5.41, 5.74) is 6.65. The molecule has 0 atom stereocenters. The molecule has 1 aliphatic rings. The van der Waals surface area contributed by atoms with Crippen LogP contribution in [0.4, 0.5) is 0 Å². The number of hydrogen-bond donors (Lipinski definition) is 1. The van der Waals surface area contributed by atoms with Crippen molar-refractivity contribution >= 4 is 0 Å². The molecule has 0 spiro atoms. The molecule has 0 saturated heterocycles. The minimum absolute atomic E-state index is 0.0254. The number of furan rings is 1. The minimum Gasteiger partial charge on any atom is -0.460 e. The molecule has 2 aromatic rings. The lowest BCUT2D eigenvalue weighted by Gasteiger charge is -2.10. The highest BCUT2D eigenvalue weighted by atomic mass is 16.3. The molecule has 0 radical (unpaired) electrons. The van der Waals surface area contributed by atoms with E-state index in [2.05, 4.69) is 9.97 Å². The van der Waals surface area contributed by atoms with Gasteiger partial charge < -0.3 is 10.2 Å². The predicted molar refractivity (Wildman–Crippen MR) is 64.4 cm³/mol. The van der Waals surface area contributed by atoms with Crippen molar-refractivity contribution in [2.75, 3.05) is 6.54 Å². The van der Waals surface area contributed by atoms with Crippen LogP contribution in [0.15, 0.2) is 28.8 Å². The lowest BCUT2D eigenvalue weighted by Crippen LogP contribution is -2.22. The van der Waals surface area contributed by atoms with Gasteiger partial charge in [0.05, 0.1) is 0 Å². The van der Waals surface area contributed by atoms with Gasteiger partial charge in [0, 0.05) is 18.2 Å². The van der Waals surface area contributed by atoms with Crippen molar-refractivity contribution in [1.29, 1.82) is 0 Å². The van der Waals surface area contributed by atoms with Crippen LogP contribution in [0, 0.1) is 6.92 Å². The largest absolute Gasteiger partial charge is 0.460 e. The maximum atomic E-state index is 5.79. The van der Waals surface area contributed by atoms with E-state index in [0.717, 1.165) is 35.9 Å². The second-order valence-electron chi connectivity index (χ2n) is 4.66. The first-order valence-corrected chi connectivity index (χ1v) is 5.84. The number of nitrogens with two attached hydrogens (primary N) is 1. The highest BCUT2D eigenvalue weighted by Crippen LogP contribution is 2.45. The van der Waals surface area contributed by atoms with Crippen LogP contribution in [-0.2, 0) is 5.41 Å². The fourth-order valence-corrected chi connectivity index (χ4v) is 1.99. The Hall–Kier alpha value is -1.68. The summed E-state index contributed by atoms with van der Waals surface area (Å²) in [5.74, 6) is 2.53. The Labute approximate surface area is 99.9 Å². The summed E-state index contributed by atoms with van der Waals surface area (Å²) in [6.07, 6.45) is 3.96. The van der Waals surface area contributed by atoms with Crippen LogP contribution >= 0.6 is 0 Å². The van der Waals surface area contributed by atoms with E-state index in [1.54, 1.807) is 6.20 Å². The standard InChI is InChI=1S/C13H15N3O/c1-9-2-3-11(17-9)10-4-7-15-12(16-10)13(8-14)5-6-13/h2-4,7H,5-6,8,14H2,1H3. The molecule has 2 heterocycles. The van der Waals surface area contributed by atoms with Gasteiger partial charge in [-0.25, -0.2) is 9.97 Å². The molecule has 88 valence electrons. The summed E-state index contributed by atoms with van der Waals surface area (Å²) in [4.78, 5) is 8.92. The Morgan fingerprint density at radius 2 is 2.18 bits per heavy atom. The maximum absolute atomic E-state index is 5.79. The van der Waals surface area contributed by atoms with Crippen molar-refractivity contribution in [3.63, 3.8) is 0 Å². The Kier molecular flexibility index (Phi) is 2.26. The smallest absolute Gasteiger partial charge is 0.152 e. The molecule has 0 aromatic carbocycles. The zero-order valence-electron chi connectivity index (χ0n) is 9.81. The quantitative estimate of drug-likeness (QED) is 0.874. The van der Waals surface area contributed by atoms with Crippen LogP contribution in [0.2, 0.25) is 0 Å². The lowest BCUT2D eigenvalue weighted by atomic mass is 10.1. The molecule has 1 saturated carbocycles. The fourth-order valence-electron chi connectivity index (χ4n) is 1.99. The van der Waals surface area contributed by atoms with Gasteiger partial charge in [-0.05, 0) is 38.0 Å². The molecule has 2 N–H and O–H groups in total. The van der Waals surface area contributed by atoms with E-state index in [0.29, 0.717) is 6.54 Å². The van der Waals surface area contributed by atoms with Gasteiger partial charge in [0.25, 0.3) is 0 Å². The van der Waals surface area contributed by atoms with Crippen LogP contribution < -0.4 is 5.73 Å². The highest BCUT2D eigenvalue weighted by molar-refractivity contribution is 5.52. The monoisotopic (exact) mass is 229 g/mol. The molecule has 3 rings (SSSR count). The zero-order chi connectivity index (χ0) is 11.9. The average molecular weight is 229 g/mol. The van der Waals surface area contributed by atoms with E-state index in [1.165, 1.54) is 0 Å². The Morgan fingerprint density at radius 1 is 1.35 bits per heavy atom. The first-order valence-electron chi connectivity index (χ1n) is 5.84. The summed E-state index contributed by atoms with van der Waals surface area (Å²) in [7, 11) is 0. The third-order valence-electron chi connectivity index (χ3n) is 3.37. The van der Waals surface area contributed by atoms with Crippen molar-refractivity contribution in [3.8, 4) is 11.5 Å². The fraction of sp³-hybridized carbons (Fsp3) is 0.385. The van der Waals surface area contributed by atoms with Crippen molar-refractivity contribution in [1.82, 2.24) is 9.97 Å². The number of rotatable bonds is 3. The lowest BCUT2D eigenvalue weighted by molar-refractivity contribution is 0.544. The van der Waals surface area contributed by atoms with E-state index in [1.807, 2.05) is 25.1 Å². The third-order valence-corrected chi connectivity index (χ3v) is 3.37.